The predicted octanol–water partition coefficient (Wildman–Crippen LogP) is 3.05. The molecule has 1 aromatic rings. The Bertz CT molecular complexity index is 413. The minimum Gasteiger partial charge on any atom is -0.350 e. The number of rotatable bonds is 5. The Hall–Kier alpha value is -0.390. The molecule has 18 heavy (non-hydrogen) atoms. The van der Waals surface area contributed by atoms with Crippen molar-refractivity contribution in [3.8, 4) is 0 Å². The molecule has 2 heterocycles. The van der Waals surface area contributed by atoms with Gasteiger partial charge in [0.1, 0.15) is 0 Å². The minimum absolute atomic E-state index is 0.155. The molecule has 0 spiro atoms. The lowest BCUT2D eigenvalue weighted by atomic mass is 9.91. The monoisotopic (exact) mass is 330 g/mol. The third-order valence-corrected chi connectivity index (χ3v) is 5.38. The topological polar surface area (TPSA) is 41.1 Å². The van der Waals surface area contributed by atoms with Crippen molar-refractivity contribution in [3.05, 3.63) is 20.8 Å². The highest BCUT2D eigenvalue weighted by Crippen LogP contribution is 2.26. The molecule has 0 aliphatic carbocycles. The van der Waals surface area contributed by atoms with E-state index in [1.807, 2.05) is 11.4 Å². The lowest BCUT2D eigenvalue weighted by Crippen LogP contribution is -2.53. The van der Waals surface area contributed by atoms with Gasteiger partial charge in [-0.05, 0) is 53.2 Å². The van der Waals surface area contributed by atoms with Crippen LogP contribution in [-0.2, 0) is 11.3 Å². The fourth-order valence-electron chi connectivity index (χ4n) is 2.53. The molecular weight excluding hydrogens is 312 g/mol. The van der Waals surface area contributed by atoms with Gasteiger partial charge in [0.25, 0.3) is 0 Å². The van der Waals surface area contributed by atoms with Gasteiger partial charge in [0, 0.05) is 9.35 Å². The van der Waals surface area contributed by atoms with Crippen molar-refractivity contribution in [1.29, 1.82) is 0 Å². The van der Waals surface area contributed by atoms with E-state index < -0.39 is 0 Å². The Morgan fingerprint density at radius 1 is 1.67 bits per heavy atom. The molecule has 3 nitrogen and oxygen atoms in total. The average molecular weight is 331 g/mol. The van der Waals surface area contributed by atoms with Crippen LogP contribution < -0.4 is 10.6 Å². The van der Waals surface area contributed by atoms with Gasteiger partial charge in [0.05, 0.1) is 12.1 Å². The normalized spacial score (nSPS) is 23.2. The van der Waals surface area contributed by atoms with Crippen molar-refractivity contribution >= 4 is 33.2 Å². The number of nitrogens with one attached hydrogen (secondary N) is 2. The second-order valence-electron chi connectivity index (χ2n) is 4.74. The first kappa shape index (κ1) is 14.0. The third kappa shape index (κ3) is 2.95. The van der Waals surface area contributed by atoms with Gasteiger partial charge in [-0.15, -0.1) is 11.3 Å². The van der Waals surface area contributed by atoms with Gasteiger partial charge in [-0.25, -0.2) is 0 Å². The molecule has 5 heteroatoms. The summed E-state index contributed by atoms with van der Waals surface area (Å²) in [5.41, 5.74) is -0.321. The maximum absolute atomic E-state index is 12.4. The molecule has 1 aliphatic heterocycles. The van der Waals surface area contributed by atoms with Gasteiger partial charge < -0.3 is 10.6 Å². The Kier molecular flexibility index (Phi) is 4.81. The molecule has 1 saturated heterocycles. The fraction of sp³-hybridized carbons (Fsp3) is 0.615. The minimum atomic E-state index is -0.321. The summed E-state index contributed by atoms with van der Waals surface area (Å²) in [6, 6.07) is 2.02. The van der Waals surface area contributed by atoms with E-state index >= 15 is 0 Å². The summed E-state index contributed by atoms with van der Waals surface area (Å²) < 4.78 is 1.08. The van der Waals surface area contributed by atoms with E-state index in [0.29, 0.717) is 6.54 Å². The number of carbonyl (C=O) groups excluding carboxylic acids is 1. The van der Waals surface area contributed by atoms with E-state index in [-0.39, 0.29) is 11.4 Å². The lowest BCUT2D eigenvalue weighted by Gasteiger charge is -2.27. The quantitative estimate of drug-likeness (QED) is 0.871. The third-order valence-electron chi connectivity index (χ3n) is 3.46. The van der Waals surface area contributed by atoms with E-state index in [2.05, 4.69) is 33.5 Å². The maximum atomic E-state index is 12.4. The van der Waals surface area contributed by atoms with Gasteiger partial charge in [-0.3, -0.25) is 4.79 Å². The van der Waals surface area contributed by atoms with Crippen molar-refractivity contribution in [1.82, 2.24) is 10.6 Å². The standard InChI is InChI=1S/C13H19BrN2OS/c1-2-5-13(6-3-7-16-13)12(17)15-9-11-10(14)4-8-18-11/h4,8,16H,2-3,5-7,9H2,1H3,(H,15,17). The molecule has 1 atom stereocenters. The van der Waals surface area contributed by atoms with Gasteiger partial charge in [-0.1, -0.05) is 13.3 Å². The van der Waals surface area contributed by atoms with Crippen LogP contribution in [0.15, 0.2) is 15.9 Å². The van der Waals surface area contributed by atoms with Crippen LogP contribution >= 0.6 is 27.3 Å². The van der Waals surface area contributed by atoms with Crippen LogP contribution in [0.3, 0.4) is 0 Å². The van der Waals surface area contributed by atoms with Crippen molar-refractivity contribution < 1.29 is 4.79 Å². The first-order valence-corrected chi connectivity index (χ1v) is 8.10. The molecule has 2 rings (SSSR count). The van der Waals surface area contributed by atoms with Crippen LogP contribution in [-0.4, -0.2) is 18.0 Å². The molecule has 1 unspecified atom stereocenters. The Balaban J connectivity index is 1.96. The summed E-state index contributed by atoms with van der Waals surface area (Å²) in [6.45, 7) is 3.70. The van der Waals surface area contributed by atoms with E-state index in [4.69, 9.17) is 0 Å². The van der Waals surface area contributed by atoms with Gasteiger partial charge >= 0.3 is 0 Å². The predicted molar refractivity (Wildman–Crippen MR) is 78.7 cm³/mol. The SMILES string of the molecule is CCCC1(C(=O)NCc2sccc2Br)CCCN1. The average Bonchev–Trinajstić information content (AvgIpc) is 2.97. The summed E-state index contributed by atoms with van der Waals surface area (Å²) in [5.74, 6) is 0.155. The van der Waals surface area contributed by atoms with Gasteiger partial charge in [0.2, 0.25) is 5.91 Å². The van der Waals surface area contributed by atoms with Crippen LogP contribution in [0.5, 0.6) is 0 Å². The molecule has 0 saturated carbocycles. The van der Waals surface area contributed by atoms with Crippen LogP contribution in [0.25, 0.3) is 0 Å². The van der Waals surface area contributed by atoms with Crippen molar-refractivity contribution in [3.63, 3.8) is 0 Å². The molecule has 2 N–H and O–H groups in total. The summed E-state index contributed by atoms with van der Waals surface area (Å²) in [5, 5.41) is 8.50. The molecule has 0 bridgehead atoms. The van der Waals surface area contributed by atoms with Crippen molar-refractivity contribution in [2.75, 3.05) is 6.54 Å². The first-order valence-electron chi connectivity index (χ1n) is 6.43. The number of hydrogen-bond donors (Lipinski definition) is 2. The number of amides is 1. The van der Waals surface area contributed by atoms with Gasteiger partial charge in [-0.2, -0.15) is 0 Å². The van der Waals surface area contributed by atoms with Crippen molar-refractivity contribution in [2.24, 2.45) is 0 Å². The molecule has 1 aliphatic rings. The second-order valence-corrected chi connectivity index (χ2v) is 6.59. The van der Waals surface area contributed by atoms with E-state index in [1.54, 1.807) is 11.3 Å². The largest absolute Gasteiger partial charge is 0.350 e. The molecule has 1 aromatic heterocycles. The number of thiophene rings is 1. The first-order chi connectivity index (χ1) is 8.68. The maximum Gasteiger partial charge on any atom is 0.240 e. The van der Waals surface area contributed by atoms with Crippen LogP contribution in [0.4, 0.5) is 0 Å². The molecular formula is C13H19BrN2OS. The van der Waals surface area contributed by atoms with Crippen LogP contribution in [0, 0.1) is 0 Å². The number of halogens is 1. The second kappa shape index (κ2) is 6.17. The summed E-state index contributed by atoms with van der Waals surface area (Å²) in [7, 11) is 0. The molecule has 1 fully saturated rings. The Morgan fingerprint density at radius 3 is 3.06 bits per heavy atom. The van der Waals surface area contributed by atoms with E-state index in [1.165, 1.54) is 4.88 Å². The summed E-state index contributed by atoms with van der Waals surface area (Å²) in [4.78, 5) is 13.6. The molecule has 100 valence electrons. The molecule has 0 aromatic carbocycles. The molecule has 1 amide bonds. The van der Waals surface area contributed by atoms with E-state index in [9.17, 15) is 4.79 Å². The Morgan fingerprint density at radius 2 is 2.50 bits per heavy atom. The zero-order valence-corrected chi connectivity index (χ0v) is 13.0. The summed E-state index contributed by atoms with van der Waals surface area (Å²) >= 11 is 5.15. The van der Waals surface area contributed by atoms with Gasteiger partial charge in [0.15, 0.2) is 0 Å². The number of hydrogen-bond acceptors (Lipinski definition) is 3. The summed E-state index contributed by atoms with van der Waals surface area (Å²) in [6.07, 6.45) is 4.00. The van der Waals surface area contributed by atoms with E-state index in [0.717, 1.165) is 36.7 Å². The smallest absolute Gasteiger partial charge is 0.240 e. The lowest BCUT2D eigenvalue weighted by molar-refractivity contribution is -0.127. The zero-order chi connectivity index (χ0) is 13.0. The Labute approximate surface area is 120 Å². The van der Waals surface area contributed by atoms with Crippen LogP contribution in [0.1, 0.15) is 37.5 Å². The number of carbonyl (C=O) groups is 1. The highest BCUT2D eigenvalue weighted by atomic mass is 79.9. The van der Waals surface area contributed by atoms with Crippen LogP contribution in [0.2, 0.25) is 0 Å². The van der Waals surface area contributed by atoms with Crippen molar-refractivity contribution in [2.45, 2.75) is 44.7 Å². The molecule has 0 radical (unpaired) electrons. The fourth-order valence-corrected chi connectivity index (χ4v) is 3.97. The zero-order valence-electron chi connectivity index (χ0n) is 10.6. The highest BCUT2D eigenvalue weighted by Gasteiger charge is 2.39. The highest BCUT2D eigenvalue weighted by molar-refractivity contribution is 9.10.